The zero-order valence-electron chi connectivity index (χ0n) is 20.8. The molecule has 190 valence electrons. The summed E-state index contributed by atoms with van der Waals surface area (Å²) in [5, 5.41) is 8.08. The molecule has 1 aromatic heterocycles. The molecule has 0 saturated carbocycles. The van der Waals surface area contributed by atoms with Gasteiger partial charge in [0.2, 0.25) is 10.0 Å². The number of aryl methyl sites for hydroxylation is 1. The first-order valence-corrected chi connectivity index (χ1v) is 14.2. The van der Waals surface area contributed by atoms with E-state index < -0.39 is 10.0 Å². The summed E-state index contributed by atoms with van der Waals surface area (Å²) in [5.41, 5.74) is 2.44. The number of aromatic nitrogens is 1. The van der Waals surface area contributed by atoms with Crippen molar-refractivity contribution in [1.29, 1.82) is 0 Å². The Balaban J connectivity index is 0.000000623. The summed E-state index contributed by atoms with van der Waals surface area (Å²) in [6, 6.07) is 15.9. The summed E-state index contributed by atoms with van der Waals surface area (Å²) in [5.74, 6) is 0.583. The van der Waals surface area contributed by atoms with Crippen LogP contribution in [0.3, 0.4) is 0 Å². The van der Waals surface area contributed by atoms with Crippen LogP contribution in [0.2, 0.25) is 5.02 Å². The van der Waals surface area contributed by atoms with Gasteiger partial charge in [-0.2, -0.15) is 4.31 Å². The molecule has 3 aromatic rings. The van der Waals surface area contributed by atoms with Crippen molar-refractivity contribution in [2.24, 2.45) is 0 Å². The van der Waals surface area contributed by atoms with Crippen molar-refractivity contribution >= 4 is 21.6 Å². The predicted molar refractivity (Wildman–Crippen MR) is 142 cm³/mol. The minimum Gasteiger partial charge on any atom is -0.356 e. The lowest BCUT2D eigenvalue weighted by Crippen LogP contribution is -2.45. The van der Waals surface area contributed by atoms with Gasteiger partial charge in [0.15, 0.2) is 5.76 Å². The number of nitrogens with zero attached hydrogens (tertiary/aromatic N) is 2. The third-order valence-corrected chi connectivity index (χ3v) is 8.22. The molecule has 1 fully saturated rings. The Morgan fingerprint density at radius 1 is 1.03 bits per heavy atom. The van der Waals surface area contributed by atoms with E-state index in [2.05, 4.69) is 24.3 Å². The van der Waals surface area contributed by atoms with Crippen LogP contribution in [-0.2, 0) is 16.6 Å². The normalized spacial score (nSPS) is 14.5. The van der Waals surface area contributed by atoms with Crippen molar-refractivity contribution in [2.45, 2.75) is 70.4 Å². The number of hydrogen-bond donors (Lipinski definition) is 1. The summed E-state index contributed by atoms with van der Waals surface area (Å²) < 4.78 is 34.0. The van der Waals surface area contributed by atoms with E-state index in [1.165, 1.54) is 19.3 Å². The molecule has 0 unspecified atom stereocenters. The van der Waals surface area contributed by atoms with E-state index in [0.717, 1.165) is 37.1 Å². The third-order valence-electron chi connectivity index (χ3n) is 6.06. The van der Waals surface area contributed by atoms with Crippen LogP contribution in [0.25, 0.3) is 11.3 Å². The third kappa shape index (κ3) is 7.64. The summed E-state index contributed by atoms with van der Waals surface area (Å²) in [6.07, 6.45) is 5.59. The van der Waals surface area contributed by atoms with E-state index >= 15 is 0 Å². The molecule has 0 bridgehead atoms. The Morgan fingerprint density at radius 3 is 2.23 bits per heavy atom. The molecule has 35 heavy (non-hydrogen) atoms. The number of benzene rings is 2. The van der Waals surface area contributed by atoms with Crippen LogP contribution in [0, 0.1) is 6.92 Å². The van der Waals surface area contributed by atoms with Gasteiger partial charge in [0.1, 0.15) is 0 Å². The molecule has 0 radical (unpaired) electrons. The molecule has 1 aliphatic heterocycles. The SMILES string of the molecule is CCCCC.Cc1ccc(S(=O)(=O)N(Cc2cc(-c3ccc(Cl)cc3)on2)C2CCNCC2)cc1. The quantitative estimate of drug-likeness (QED) is 0.372. The second kappa shape index (κ2) is 13.2. The highest BCUT2D eigenvalue weighted by Crippen LogP contribution is 2.27. The molecule has 6 nitrogen and oxygen atoms in total. The molecule has 8 heteroatoms. The largest absolute Gasteiger partial charge is 0.356 e. The minimum absolute atomic E-state index is 0.0896. The van der Waals surface area contributed by atoms with E-state index in [4.69, 9.17) is 16.1 Å². The van der Waals surface area contributed by atoms with Crippen LogP contribution >= 0.6 is 11.6 Å². The van der Waals surface area contributed by atoms with Gasteiger partial charge in [-0.05, 0) is 69.3 Å². The number of piperidine rings is 1. The lowest BCUT2D eigenvalue weighted by molar-refractivity contribution is 0.251. The number of hydrogen-bond acceptors (Lipinski definition) is 5. The summed E-state index contributed by atoms with van der Waals surface area (Å²) in [6.45, 7) is 8.11. The maximum Gasteiger partial charge on any atom is 0.243 e. The molecular formula is C27H36ClN3O3S. The molecule has 2 aromatic carbocycles. The fourth-order valence-electron chi connectivity index (χ4n) is 4.00. The fourth-order valence-corrected chi connectivity index (χ4v) is 5.78. The number of unbranched alkanes of at least 4 members (excludes halogenated alkanes) is 2. The first-order valence-electron chi connectivity index (χ1n) is 12.4. The van der Waals surface area contributed by atoms with E-state index in [9.17, 15) is 8.42 Å². The number of sulfonamides is 1. The Bertz CT molecular complexity index is 1140. The van der Waals surface area contributed by atoms with Crippen LogP contribution in [0.15, 0.2) is 64.0 Å². The maximum atomic E-state index is 13.5. The van der Waals surface area contributed by atoms with Crippen molar-refractivity contribution in [1.82, 2.24) is 14.8 Å². The fraction of sp³-hybridized carbons (Fsp3) is 0.444. The van der Waals surface area contributed by atoms with Crippen LogP contribution in [0.4, 0.5) is 0 Å². The van der Waals surface area contributed by atoms with Crippen molar-refractivity contribution < 1.29 is 12.9 Å². The van der Waals surface area contributed by atoms with Crippen LogP contribution in [0.1, 0.15) is 57.2 Å². The van der Waals surface area contributed by atoms with Gasteiger partial charge in [-0.25, -0.2) is 8.42 Å². The number of rotatable bonds is 8. The highest BCUT2D eigenvalue weighted by molar-refractivity contribution is 7.89. The summed E-state index contributed by atoms with van der Waals surface area (Å²) in [4.78, 5) is 0.299. The Hall–Kier alpha value is -2.19. The lowest BCUT2D eigenvalue weighted by Gasteiger charge is -2.33. The minimum atomic E-state index is -3.67. The molecule has 0 spiro atoms. The van der Waals surface area contributed by atoms with Crippen molar-refractivity contribution in [3.05, 3.63) is 70.9 Å². The lowest BCUT2D eigenvalue weighted by atomic mass is 10.1. The molecular weight excluding hydrogens is 482 g/mol. The first-order chi connectivity index (χ1) is 16.8. The summed E-state index contributed by atoms with van der Waals surface area (Å²) in [7, 11) is -3.67. The molecule has 0 atom stereocenters. The van der Waals surface area contributed by atoms with Gasteiger partial charge in [0, 0.05) is 22.7 Å². The zero-order valence-corrected chi connectivity index (χ0v) is 22.4. The van der Waals surface area contributed by atoms with Crippen molar-refractivity contribution in [2.75, 3.05) is 13.1 Å². The van der Waals surface area contributed by atoms with Gasteiger partial charge >= 0.3 is 0 Å². The highest BCUT2D eigenvalue weighted by atomic mass is 35.5. The molecule has 1 saturated heterocycles. The van der Waals surface area contributed by atoms with Gasteiger partial charge in [-0.1, -0.05) is 67.6 Å². The molecule has 0 aliphatic carbocycles. The number of nitrogens with one attached hydrogen (secondary N) is 1. The topological polar surface area (TPSA) is 75.4 Å². The molecule has 2 heterocycles. The second-order valence-corrected chi connectivity index (χ2v) is 11.2. The second-order valence-electron chi connectivity index (χ2n) is 8.89. The summed E-state index contributed by atoms with van der Waals surface area (Å²) >= 11 is 5.95. The van der Waals surface area contributed by atoms with Gasteiger partial charge in [0.25, 0.3) is 0 Å². The smallest absolute Gasteiger partial charge is 0.243 e. The van der Waals surface area contributed by atoms with E-state index in [-0.39, 0.29) is 12.6 Å². The van der Waals surface area contributed by atoms with Crippen molar-refractivity contribution in [3.8, 4) is 11.3 Å². The first kappa shape index (κ1) is 27.4. The highest BCUT2D eigenvalue weighted by Gasteiger charge is 2.33. The van der Waals surface area contributed by atoms with Gasteiger partial charge < -0.3 is 9.84 Å². The average Bonchev–Trinajstić information content (AvgIpc) is 3.33. The molecule has 1 aliphatic rings. The van der Waals surface area contributed by atoms with Crippen LogP contribution in [-0.4, -0.2) is 37.0 Å². The molecule has 1 N–H and O–H groups in total. The molecule has 4 rings (SSSR count). The van der Waals surface area contributed by atoms with E-state index in [1.807, 2.05) is 31.2 Å². The standard InChI is InChI=1S/C22H24ClN3O3S.C5H12/c1-16-2-8-21(9-3-16)30(27,28)26(20-10-12-24-13-11-20)15-19-14-22(29-25-19)17-4-6-18(23)7-5-17;1-3-5-4-2/h2-9,14,20,24H,10-13,15H2,1H3;3-5H2,1-2H3. The average molecular weight is 518 g/mol. The Kier molecular flexibility index (Phi) is 10.3. The monoisotopic (exact) mass is 517 g/mol. The van der Waals surface area contributed by atoms with Gasteiger partial charge in [-0.3, -0.25) is 0 Å². The maximum absolute atomic E-state index is 13.5. The predicted octanol–water partition coefficient (Wildman–Crippen LogP) is 6.44. The molecule has 0 amide bonds. The van der Waals surface area contributed by atoms with E-state index in [1.54, 1.807) is 34.6 Å². The van der Waals surface area contributed by atoms with E-state index in [0.29, 0.717) is 21.4 Å². The number of halogens is 1. The van der Waals surface area contributed by atoms with Gasteiger partial charge in [-0.15, -0.1) is 0 Å². The van der Waals surface area contributed by atoms with Crippen LogP contribution < -0.4 is 5.32 Å². The Morgan fingerprint density at radius 2 is 1.66 bits per heavy atom. The van der Waals surface area contributed by atoms with Crippen LogP contribution in [0.5, 0.6) is 0 Å². The van der Waals surface area contributed by atoms with Gasteiger partial charge in [0.05, 0.1) is 17.1 Å². The zero-order chi connectivity index (χ0) is 25.3. The Labute approximate surface area is 214 Å². The van der Waals surface area contributed by atoms with Crippen molar-refractivity contribution in [3.63, 3.8) is 0 Å².